The van der Waals surface area contributed by atoms with Gasteiger partial charge in [0, 0.05) is 25.6 Å². The Morgan fingerprint density at radius 1 is 1.11 bits per heavy atom. The number of ether oxygens (including phenoxy) is 1. The molecule has 0 spiro atoms. The highest BCUT2D eigenvalue weighted by atomic mass is 16.5. The highest BCUT2D eigenvalue weighted by Gasteiger charge is 2.29. The zero-order valence-electron chi connectivity index (χ0n) is 16.3. The van der Waals surface area contributed by atoms with Crippen LogP contribution >= 0.6 is 0 Å². The Kier molecular flexibility index (Phi) is 7.24. The fourth-order valence-electron chi connectivity index (χ4n) is 3.87. The second-order valence-corrected chi connectivity index (χ2v) is 7.51. The lowest BCUT2D eigenvalue weighted by Crippen LogP contribution is -2.48. The average molecular weight is 373 g/mol. The third-order valence-corrected chi connectivity index (χ3v) is 5.60. The summed E-state index contributed by atoms with van der Waals surface area (Å²) in [7, 11) is 0. The van der Waals surface area contributed by atoms with Gasteiger partial charge in [0.1, 0.15) is 0 Å². The van der Waals surface area contributed by atoms with Gasteiger partial charge in [-0.2, -0.15) is 0 Å². The van der Waals surface area contributed by atoms with E-state index in [4.69, 9.17) is 4.74 Å². The first-order valence-electron chi connectivity index (χ1n) is 10.0. The SMILES string of the molecule is Cc1ccccc1CCNC(=O)CN1CCC(C(=O)N2CCOCC2)CC1. The van der Waals surface area contributed by atoms with E-state index in [0.29, 0.717) is 39.4 Å². The molecule has 0 aliphatic carbocycles. The second-order valence-electron chi connectivity index (χ2n) is 7.51. The first-order valence-corrected chi connectivity index (χ1v) is 10.0. The van der Waals surface area contributed by atoms with E-state index in [1.165, 1.54) is 11.1 Å². The van der Waals surface area contributed by atoms with Gasteiger partial charge in [-0.15, -0.1) is 0 Å². The van der Waals surface area contributed by atoms with Crippen molar-refractivity contribution in [3.63, 3.8) is 0 Å². The minimum Gasteiger partial charge on any atom is -0.378 e. The molecule has 2 fully saturated rings. The lowest BCUT2D eigenvalue weighted by atomic mass is 9.95. The van der Waals surface area contributed by atoms with Crippen LogP contribution < -0.4 is 5.32 Å². The Morgan fingerprint density at radius 3 is 2.52 bits per heavy atom. The maximum absolute atomic E-state index is 12.6. The molecular weight excluding hydrogens is 342 g/mol. The maximum Gasteiger partial charge on any atom is 0.234 e. The summed E-state index contributed by atoms with van der Waals surface area (Å²) in [6, 6.07) is 8.27. The fourth-order valence-corrected chi connectivity index (χ4v) is 3.87. The van der Waals surface area contributed by atoms with Crippen molar-refractivity contribution < 1.29 is 14.3 Å². The van der Waals surface area contributed by atoms with Crippen molar-refractivity contribution in [3.8, 4) is 0 Å². The summed E-state index contributed by atoms with van der Waals surface area (Å²) in [6.45, 7) is 7.52. The molecule has 3 rings (SSSR count). The van der Waals surface area contributed by atoms with E-state index in [2.05, 4.69) is 29.3 Å². The predicted molar refractivity (Wildman–Crippen MR) is 104 cm³/mol. The van der Waals surface area contributed by atoms with Gasteiger partial charge < -0.3 is 15.0 Å². The summed E-state index contributed by atoms with van der Waals surface area (Å²) in [5.41, 5.74) is 2.54. The van der Waals surface area contributed by atoms with Gasteiger partial charge in [0.2, 0.25) is 11.8 Å². The molecule has 2 saturated heterocycles. The molecule has 0 unspecified atom stereocenters. The van der Waals surface area contributed by atoms with Crippen molar-refractivity contribution in [2.45, 2.75) is 26.2 Å². The average Bonchev–Trinajstić information content (AvgIpc) is 2.70. The number of hydrogen-bond acceptors (Lipinski definition) is 4. The lowest BCUT2D eigenvalue weighted by Gasteiger charge is -2.35. The Hall–Kier alpha value is -1.92. The molecule has 0 bridgehead atoms. The molecule has 148 valence electrons. The van der Waals surface area contributed by atoms with Gasteiger partial charge in [-0.1, -0.05) is 24.3 Å². The normalized spacial score (nSPS) is 19.1. The Labute approximate surface area is 161 Å². The number of carbonyl (C=O) groups excluding carboxylic acids is 2. The van der Waals surface area contributed by atoms with E-state index in [9.17, 15) is 9.59 Å². The highest BCUT2D eigenvalue weighted by Crippen LogP contribution is 2.20. The molecular formula is C21H31N3O3. The molecule has 0 atom stereocenters. The molecule has 2 aliphatic rings. The molecule has 27 heavy (non-hydrogen) atoms. The summed E-state index contributed by atoms with van der Waals surface area (Å²) in [6.07, 6.45) is 2.54. The summed E-state index contributed by atoms with van der Waals surface area (Å²) < 4.78 is 5.32. The van der Waals surface area contributed by atoms with E-state index in [-0.39, 0.29) is 17.7 Å². The molecule has 0 saturated carbocycles. The van der Waals surface area contributed by atoms with Gasteiger partial charge in [0.15, 0.2) is 0 Å². The lowest BCUT2D eigenvalue weighted by molar-refractivity contribution is -0.141. The number of morpholine rings is 1. The second kappa shape index (κ2) is 9.85. The zero-order valence-corrected chi connectivity index (χ0v) is 16.3. The third-order valence-electron chi connectivity index (χ3n) is 5.60. The number of amides is 2. The van der Waals surface area contributed by atoms with Crippen molar-refractivity contribution in [2.24, 2.45) is 5.92 Å². The van der Waals surface area contributed by atoms with Crippen LogP contribution in [0.1, 0.15) is 24.0 Å². The summed E-state index contributed by atoms with van der Waals surface area (Å²) >= 11 is 0. The van der Waals surface area contributed by atoms with Crippen molar-refractivity contribution in [1.29, 1.82) is 0 Å². The van der Waals surface area contributed by atoms with Crippen LogP contribution in [0.15, 0.2) is 24.3 Å². The first-order chi connectivity index (χ1) is 13.1. The Balaban J connectivity index is 1.34. The number of hydrogen-bond donors (Lipinski definition) is 1. The molecule has 1 aromatic carbocycles. The number of benzene rings is 1. The van der Waals surface area contributed by atoms with Gasteiger partial charge in [0.25, 0.3) is 0 Å². The van der Waals surface area contributed by atoms with Crippen molar-refractivity contribution >= 4 is 11.8 Å². The third kappa shape index (κ3) is 5.78. The van der Waals surface area contributed by atoms with Crippen LogP contribution in [-0.2, 0) is 20.7 Å². The molecule has 2 amide bonds. The van der Waals surface area contributed by atoms with Gasteiger partial charge in [-0.05, 0) is 50.4 Å². The zero-order chi connectivity index (χ0) is 19.1. The van der Waals surface area contributed by atoms with Crippen LogP contribution in [0.5, 0.6) is 0 Å². The van der Waals surface area contributed by atoms with Crippen LogP contribution in [0.25, 0.3) is 0 Å². The minimum absolute atomic E-state index is 0.0709. The molecule has 2 aliphatic heterocycles. The number of rotatable bonds is 6. The molecule has 6 heteroatoms. The maximum atomic E-state index is 12.6. The quantitative estimate of drug-likeness (QED) is 0.815. The van der Waals surface area contributed by atoms with Crippen LogP contribution in [-0.4, -0.2) is 74.1 Å². The van der Waals surface area contributed by atoms with E-state index in [1.54, 1.807) is 0 Å². The van der Waals surface area contributed by atoms with E-state index >= 15 is 0 Å². The van der Waals surface area contributed by atoms with Crippen LogP contribution in [0.4, 0.5) is 0 Å². The van der Waals surface area contributed by atoms with Gasteiger partial charge in [0.05, 0.1) is 19.8 Å². The Bertz CT molecular complexity index is 635. The molecule has 1 aromatic rings. The number of nitrogens with one attached hydrogen (secondary N) is 1. The predicted octanol–water partition coefficient (Wildman–Crippen LogP) is 1.22. The molecule has 0 radical (unpaired) electrons. The number of piperidine rings is 1. The molecule has 0 aromatic heterocycles. The number of likely N-dealkylation sites (tertiary alicyclic amines) is 1. The number of aryl methyl sites for hydroxylation is 1. The van der Waals surface area contributed by atoms with Crippen LogP contribution in [0, 0.1) is 12.8 Å². The van der Waals surface area contributed by atoms with Gasteiger partial charge in [-0.25, -0.2) is 0 Å². The molecule has 1 N–H and O–H groups in total. The largest absolute Gasteiger partial charge is 0.378 e. The molecule has 2 heterocycles. The van der Waals surface area contributed by atoms with E-state index < -0.39 is 0 Å². The Morgan fingerprint density at radius 2 is 1.81 bits per heavy atom. The summed E-state index contributed by atoms with van der Waals surface area (Å²) in [5, 5.41) is 3.02. The smallest absolute Gasteiger partial charge is 0.234 e. The van der Waals surface area contributed by atoms with Gasteiger partial charge >= 0.3 is 0 Å². The first kappa shape index (κ1) is 19.8. The van der Waals surface area contributed by atoms with Crippen LogP contribution in [0.2, 0.25) is 0 Å². The minimum atomic E-state index is 0.0709. The van der Waals surface area contributed by atoms with Gasteiger partial charge in [-0.3, -0.25) is 14.5 Å². The van der Waals surface area contributed by atoms with E-state index in [0.717, 1.165) is 32.4 Å². The van der Waals surface area contributed by atoms with Crippen LogP contribution in [0.3, 0.4) is 0 Å². The van der Waals surface area contributed by atoms with E-state index in [1.807, 2.05) is 17.0 Å². The van der Waals surface area contributed by atoms with Crippen molar-refractivity contribution in [1.82, 2.24) is 15.1 Å². The topological polar surface area (TPSA) is 61.9 Å². The number of carbonyl (C=O) groups is 2. The molecule has 6 nitrogen and oxygen atoms in total. The summed E-state index contributed by atoms with van der Waals surface area (Å²) in [4.78, 5) is 28.9. The highest BCUT2D eigenvalue weighted by molar-refractivity contribution is 5.79. The van der Waals surface area contributed by atoms with Crippen molar-refractivity contribution in [3.05, 3.63) is 35.4 Å². The summed E-state index contributed by atoms with van der Waals surface area (Å²) in [5.74, 6) is 0.436. The monoisotopic (exact) mass is 373 g/mol. The fraction of sp³-hybridized carbons (Fsp3) is 0.619. The number of nitrogens with zero attached hydrogens (tertiary/aromatic N) is 2. The van der Waals surface area contributed by atoms with Crippen molar-refractivity contribution in [2.75, 3.05) is 52.5 Å². The standard InChI is InChI=1S/C21H31N3O3/c1-17-4-2-3-5-18(17)6-9-22-20(25)16-23-10-7-19(8-11-23)21(26)24-12-14-27-15-13-24/h2-5,19H,6-16H2,1H3,(H,22,25).